The second kappa shape index (κ2) is 8.33. The lowest BCUT2D eigenvalue weighted by Gasteiger charge is -2.12. The van der Waals surface area contributed by atoms with Gasteiger partial charge in [0.25, 0.3) is 0 Å². The van der Waals surface area contributed by atoms with Crippen LogP contribution in [-0.4, -0.2) is 39.8 Å². The van der Waals surface area contributed by atoms with E-state index in [1.165, 1.54) is 7.11 Å². The van der Waals surface area contributed by atoms with Crippen molar-refractivity contribution in [3.05, 3.63) is 47.7 Å². The predicted octanol–water partition coefficient (Wildman–Crippen LogP) is 2.99. The number of aromatic nitrogens is 3. The molecule has 1 unspecified atom stereocenters. The van der Waals surface area contributed by atoms with Gasteiger partial charge in [0.2, 0.25) is 0 Å². The molecule has 0 saturated heterocycles. The summed E-state index contributed by atoms with van der Waals surface area (Å²) in [7, 11) is 1.48. The number of rotatable bonds is 8. The van der Waals surface area contributed by atoms with E-state index < -0.39 is 53.0 Å². The molecule has 7 heteroatoms. The van der Waals surface area contributed by atoms with Crippen LogP contribution in [0.15, 0.2) is 41.6 Å². The zero-order valence-corrected chi connectivity index (χ0v) is 14.3. The Balaban J connectivity index is 2.12. The van der Waals surface area contributed by atoms with E-state index in [0.717, 1.165) is 0 Å². The minimum absolute atomic E-state index is 0.0264. The summed E-state index contributed by atoms with van der Waals surface area (Å²) in [6.07, 6.45) is -0.320. The number of hydrogen-bond donors (Lipinski definition) is 1. The van der Waals surface area contributed by atoms with E-state index in [-0.39, 0.29) is 11.8 Å². The van der Waals surface area contributed by atoms with Gasteiger partial charge in [0.05, 0.1) is 28.8 Å². The van der Waals surface area contributed by atoms with E-state index in [1.807, 2.05) is 0 Å². The van der Waals surface area contributed by atoms with Crippen LogP contribution in [0.25, 0.3) is 11.0 Å². The number of nitrogens with zero attached hydrogens (tertiary/aromatic N) is 2. The summed E-state index contributed by atoms with van der Waals surface area (Å²) in [6, 6.07) is 6.17. The van der Waals surface area contributed by atoms with Crippen molar-refractivity contribution in [3.8, 4) is 5.75 Å². The van der Waals surface area contributed by atoms with Crippen LogP contribution in [0.4, 0.5) is 0 Å². The SMILES string of the molecule is [2H]c1nc(C([2H])([2H])[S+]([O-])c2nc3ccccc3[nH]2)c(C([2H])([2H])[2H])c(OCCCOC)c1[2H]. The van der Waals surface area contributed by atoms with Crippen LogP contribution in [0.3, 0.4) is 0 Å². The highest BCUT2D eigenvalue weighted by molar-refractivity contribution is 7.90. The summed E-state index contributed by atoms with van der Waals surface area (Å²) < 4.78 is 80.3. The number of fused-ring (bicyclic) bond motifs is 1. The summed E-state index contributed by atoms with van der Waals surface area (Å²) in [5.41, 5.74) is -3.31. The highest BCUT2D eigenvalue weighted by atomic mass is 32.2. The van der Waals surface area contributed by atoms with Crippen LogP contribution in [0.5, 0.6) is 5.75 Å². The fourth-order valence-electron chi connectivity index (χ4n) is 2.07. The van der Waals surface area contributed by atoms with Crippen LogP contribution >= 0.6 is 0 Å². The van der Waals surface area contributed by atoms with E-state index in [9.17, 15) is 4.55 Å². The van der Waals surface area contributed by atoms with Crippen molar-refractivity contribution >= 4 is 22.2 Å². The summed E-state index contributed by atoms with van der Waals surface area (Å²) in [5.74, 6) is -0.485. The lowest BCUT2D eigenvalue weighted by Crippen LogP contribution is -2.10. The summed E-state index contributed by atoms with van der Waals surface area (Å²) in [5, 5.41) is -0.210. The third kappa shape index (κ3) is 4.31. The molecule has 1 N–H and O–H groups in total. The van der Waals surface area contributed by atoms with Gasteiger partial charge in [-0.1, -0.05) is 12.1 Å². The number of hydrogen-bond acceptors (Lipinski definition) is 5. The minimum Gasteiger partial charge on any atom is -0.609 e. The molecular formula is C18H21N3O3S. The Labute approximate surface area is 159 Å². The Hall–Kier alpha value is -2.09. The molecule has 2 aromatic heterocycles. The molecule has 0 radical (unpaired) electrons. The lowest BCUT2D eigenvalue weighted by atomic mass is 10.2. The molecule has 6 nitrogen and oxygen atoms in total. The third-order valence-electron chi connectivity index (χ3n) is 3.27. The summed E-state index contributed by atoms with van der Waals surface area (Å²) in [4.78, 5) is 10.6. The fraction of sp³-hybridized carbons (Fsp3) is 0.333. The van der Waals surface area contributed by atoms with Gasteiger partial charge in [0.15, 0.2) is 5.70 Å². The molecule has 0 fully saturated rings. The quantitative estimate of drug-likeness (QED) is 0.489. The Morgan fingerprint density at radius 1 is 1.40 bits per heavy atom. The Bertz CT molecular complexity index is 1070. The molecule has 0 aliphatic rings. The van der Waals surface area contributed by atoms with Gasteiger partial charge in [-0.25, -0.2) is 0 Å². The largest absolute Gasteiger partial charge is 0.609 e. The lowest BCUT2D eigenvalue weighted by molar-refractivity contribution is 0.172. The van der Waals surface area contributed by atoms with Gasteiger partial charge >= 0.3 is 5.16 Å². The van der Waals surface area contributed by atoms with Gasteiger partial charge in [0.1, 0.15) is 5.75 Å². The molecule has 3 rings (SSSR count). The Morgan fingerprint density at radius 3 is 3.08 bits per heavy atom. The van der Waals surface area contributed by atoms with Gasteiger partial charge in [-0.05, 0) is 25.0 Å². The van der Waals surface area contributed by atoms with Gasteiger partial charge in [-0.3, -0.25) is 9.97 Å². The van der Waals surface area contributed by atoms with E-state index in [0.29, 0.717) is 24.1 Å². The molecule has 2 heterocycles. The van der Waals surface area contributed by atoms with Crippen molar-refractivity contribution in [2.45, 2.75) is 24.1 Å². The van der Waals surface area contributed by atoms with Crippen LogP contribution < -0.4 is 4.74 Å². The first-order chi connectivity index (χ1) is 15.0. The van der Waals surface area contributed by atoms with Crippen LogP contribution in [0, 0.1) is 6.85 Å². The first kappa shape index (κ1) is 10.8. The maximum absolute atomic E-state index is 13.2. The van der Waals surface area contributed by atoms with E-state index in [4.69, 9.17) is 19.1 Å². The number of H-pyrrole nitrogens is 1. The van der Waals surface area contributed by atoms with Crippen molar-refractivity contribution in [2.75, 3.05) is 20.3 Å². The van der Waals surface area contributed by atoms with E-state index >= 15 is 0 Å². The standard InChI is InChI=1S/C18H21N3O3S/c1-13-16(19-9-8-17(13)24-11-5-10-23-2)12-25(22)18-20-14-6-3-4-7-15(14)21-18/h3-4,6-9H,5,10-12H2,1-2H3,(H,20,21)/i1D3,8D,9D,12D2. The monoisotopic (exact) mass is 366 g/mol. The first-order valence-electron chi connectivity index (χ1n) is 11.0. The minimum atomic E-state index is -2.95. The smallest absolute Gasteiger partial charge is 0.322 e. The van der Waals surface area contributed by atoms with Gasteiger partial charge in [0, 0.05) is 47.2 Å². The highest BCUT2D eigenvalue weighted by Crippen LogP contribution is 2.24. The highest BCUT2D eigenvalue weighted by Gasteiger charge is 2.20. The Kier molecular flexibility index (Phi) is 3.60. The van der Waals surface area contributed by atoms with Crippen molar-refractivity contribution in [1.82, 2.24) is 15.0 Å². The number of nitrogens with one attached hydrogen (secondary N) is 1. The number of aromatic amines is 1. The molecule has 0 bridgehead atoms. The molecule has 0 spiro atoms. The zero-order valence-electron chi connectivity index (χ0n) is 20.5. The van der Waals surface area contributed by atoms with E-state index in [2.05, 4.69) is 15.0 Å². The molecule has 132 valence electrons. The molecule has 1 atom stereocenters. The zero-order chi connectivity index (χ0) is 23.7. The van der Waals surface area contributed by atoms with Gasteiger partial charge in [-0.2, -0.15) is 4.98 Å². The summed E-state index contributed by atoms with van der Waals surface area (Å²) >= 11 is -2.52. The second-order valence-electron chi connectivity index (χ2n) is 5.03. The molecule has 1 aromatic carbocycles. The number of benzene rings is 1. The average Bonchev–Trinajstić information content (AvgIpc) is 3.16. The molecular weight excluding hydrogens is 338 g/mol. The van der Waals surface area contributed by atoms with Crippen molar-refractivity contribution in [3.63, 3.8) is 0 Å². The maximum atomic E-state index is 13.2. The number of ether oxygens (including phenoxy) is 2. The van der Waals surface area contributed by atoms with Crippen LogP contribution in [0.1, 0.15) is 27.3 Å². The fourth-order valence-corrected chi connectivity index (χ4v) is 2.88. The molecule has 3 aromatic rings. The third-order valence-corrected chi connectivity index (χ3v) is 4.20. The molecule has 25 heavy (non-hydrogen) atoms. The number of pyridine rings is 1. The first-order valence-corrected chi connectivity index (χ1v) is 8.64. The molecule has 0 aliphatic heterocycles. The van der Waals surface area contributed by atoms with Crippen molar-refractivity contribution in [2.24, 2.45) is 0 Å². The van der Waals surface area contributed by atoms with Crippen molar-refractivity contribution < 1.29 is 23.6 Å². The summed E-state index contributed by atoms with van der Waals surface area (Å²) in [6.45, 7) is -2.66. The molecule has 0 saturated carbocycles. The van der Waals surface area contributed by atoms with Crippen LogP contribution in [-0.2, 0) is 21.6 Å². The normalized spacial score (nSPS) is 17.6. The van der Waals surface area contributed by atoms with Gasteiger partial charge < -0.3 is 14.0 Å². The second-order valence-corrected chi connectivity index (χ2v) is 6.15. The van der Waals surface area contributed by atoms with Crippen molar-refractivity contribution in [1.29, 1.82) is 0 Å². The maximum Gasteiger partial charge on any atom is 0.322 e. The Morgan fingerprint density at radius 2 is 2.28 bits per heavy atom. The average molecular weight is 366 g/mol. The predicted molar refractivity (Wildman–Crippen MR) is 97.2 cm³/mol. The number of imidazole rings is 1. The number of methoxy groups -OCH3 is 1. The van der Waals surface area contributed by atoms with E-state index in [1.54, 1.807) is 24.3 Å². The topological polar surface area (TPSA) is 83.1 Å². The number of para-hydroxylation sites is 2. The van der Waals surface area contributed by atoms with Gasteiger partial charge in [-0.15, -0.1) is 0 Å². The molecule has 0 aliphatic carbocycles. The van der Waals surface area contributed by atoms with Crippen LogP contribution in [0.2, 0.25) is 0 Å². The molecule has 0 amide bonds.